The lowest BCUT2D eigenvalue weighted by molar-refractivity contribution is -0.145. The number of rotatable bonds is 36. The number of nitrogens with zero attached hydrogens (tertiary/aromatic N) is 8. The maximum Gasteiger partial charge on any atom is 0.328 e. The molecule has 0 aliphatic heterocycles. The number of hydrogen-bond acceptors (Lipinski definition) is 15. The van der Waals surface area contributed by atoms with Gasteiger partial charge in [0, 0.05) is 88.5 Å². The number of thioether (sulfide) groups is 2. The van der Waals surface area contributed by atoms with Crippen molar-refractivity contribution in [2.75, 3.05) is 57.3 Å². The Kier molecular flexibility index (Phi) is 29.4. The highest BCUT2D eigenvalue weighted by molar-refractivity contribution is 7.98. The lowest BCUT2D eigenvalue weighted by atomic mass is 9.97. The van der Waals surface area contributed by atoms with E-state index in [2.05, 4.69) is 116 Å². The Bertz CT molecular complexity index is 3640. The minimum atomic E-state index is -1.05. The number of aliphatic carboxylic acids is 1. The molecule has 0 aliphatic rings. The molecule has 20 nitrogen and oxygen atoms in total. The lowest BCUT2D eigenvalue weighted by Gasteiger charge is -2.31. The molecule has 4 aromatic carbocycles. The van der Waals surface area contributed by atoms with Crippen LogP contribution in [0.25, 0.3) is 21.5 Å². The van der Waals surface area contributed by atoms with E-state index in [0.717, 1.165) is 56.6 Å². The van der Waals surface area contributed by atoms with Gasteiger partial charge in [-0.15, -0.1) is 0 Å². The summed E-state index contributed by atoms with van der Waals surface area (Å²) in [6.07, 6.45) is 20.9. The van der Waals surface area contributed by atoms with Gasteiger partial charge in [0.2, 0.25) is 23.6 Å². The van der Waals surface area contributed by atoms with Gasteiger partial charge in [0.05, 0.1) is 57.1 Å². The summed E-state index contributed by atoms with van der Waals surface area (Å²) in [6, 6.07) is 34.2. The van der Waals surface area contributed by atoms with Gasteiger partial charge in [0.15, 0.2) is 0 Å². The zero-order chi connectivity index (χ0) is 66.5. The first kappa shape index (κ1) is 72.0. The molecule has 494 valence electrons. The number of methoxy groups -OCH3 is 1. The molecule has 0 fully saturated rings. The van der Waals surface area contributed by atoms with E-state index in [1.165, 1.54) is 18.9 Å². The average molecular weight is 1300 g/mol. The fourth-order valence-electron chi connectivity index (χ4n) is 11.0. The van der Waals surface area contributed by atoms with Crippen LogP contribution in [0.3, 0.4) is 0 Å². The first-order chi connectivity index (χ1) is 45.0. The Morgan fingerprint density at radius 3 is 1.37 bits per heavy atom. The molecule has 5 N–H and O–H groups in total. The van der Waals surface area contributed by atoms with Crippen LogP contribution in [0.5, 0.6) is 0 Å². The number of carboxylic acids is 1. The van der Waals surface area contributed by atoms with Crippen molar-refractivity contribution in [3.05, 3.63) is 193 Å². The van der Waals surface area contributed by atoms with Gasteiger partial charge >= 0.3 is 11.9 Å². The molecule has 4 heterocycles. The van der Waals surface area contributed by atoms with Crippen molar-refractivity contribution in [3.63, 3.8) is 0 Å². The normalized spacial score (nSPS) is 13.3. The molecule has 0 saturated heterocycles. The van der Waals surface area contributed by atoms with Gasteiger partial charge in [0.1, 0.15) is 12.1 Å². The Morgan fingerprint density at radius 2 is 0.957 bits per heavy atom. The third-order valence-corrected chi connectivity index (χ3v) is 17.8. The first-order valence-corrected chi connectivity index (χ1v) is 34.5. The second kappa shape index (κ2) is 37.9. The topological polar surface area (TPSA) is 248 Å². The zero-order valence-corrected chi connectivity index (χ0v) is 56.1. The van der Waals surface area contributed by atoms with Crippen LogP contribution < -0.4 is 21.3 Å². The molecule has 4 amide bonds. The molecular weight excluding hydrogens is 1210 g/mol. The number of benzene rings is 4. The third kappa shape index (κ3) is 23.6. The summed E-state index contributed by atoms with van der Waals surface area (Å²) >= 11 is 3.15. The lowest BCUT2D eigenvalue weighted by Crippen LogP contribution is -2.51. The number of imidazole rings is 2. The number of carbonyl (C=O) groups is 6. The predicted molar refractivity (Wildman–Crippen MR) is 369 cm³/mol. The maximum absolute atomic E-state index is 13.5. The number of aromatic nitrogens is 6. The van der Waals surface area contributed by atoms with E-state index in [0.29, 0.717) is 75.0 Å². The molecule has 8 aromatic rings. The number of pyridine rings is 2. The van der Waals surface area contributed by atoms with Crippen LogP contribution in [0.15, 0.2) is 159 Å². The Balaban J connectivity index is 0.000000264. The summed E-state index contributed by atoms with van der Waals surface area (Å²) in [7, 11) is 1.33. The Hall–Kier alpha value is -8.44. The largest absolute Gasteiger partial charge is 0.480 e. The molecule has 0 aliphatic carbocycles. The van der Waals surface area contributed by atoms with Crippen LogP contribution in [0.2, 0.25) is 0 Å². The molecule has 0 unspecified atom stereocenters. The standard InChI is InChI=1S/C36H46N6O4S.C35H44N6O4S/c1-5-26(2)33(40-34(43)19-30-22-42(25-38-30)20-27-13-16-37-17-14-27)23-41(21-29-11-8-10-28-9-6-7-12-31(28)29)24-35(44)39-32(15-18-47-4)36(45)46-3;1-4-25(2)32(39-33(42)18-29-21-41(24-37-29)19-26-12-15-36-16-13-26)22-40(23-34(43)38-31(35(44)45)14-17-46-3)20-28-10-7-9-27-8-5-6-11-30(27)28/h6-14,16-17,22,25-26,32-33H,5,15,18-21,23-24H2,1-4H3,(H,39,44)(H,40,43);5-13,15-16,21,24-25,31-32H,4,14,17-20,22-23H2,1-3H3,(H,38,43)(H,39,42)(H,44,45)/t26-,32-,33+;25-,31-,32+/m00/s1. The van der Waals surface area contributed by atoms with Gasteiger partial charge < -0.3 is 40.2 Å². The van der Waals surface area contributed by atoms with Gasteiger partial charge in [-0.2, -0.15) is 23.5 Å². The van der Waals surface area contributed by atoms with E-state index < -0.39 is 24.0 Å². The molecule has 22 heteroatoms. The highest BCUT2D eigenvalue weighted by Crippen LogP contribution is 2.24. The van der Waals surface area contributed by atoms with Crippen LogP contribution >= 0.6 is 23.5 Å². The number of carbonyl (C=O) groups excluding carboxylic acids is 5. The minimum Gasteiger partial charge on any atom is -0.480 e. The summed E-state index contributed by atoms with van der Waals surface area (Å²) in [4.78, 5) is 98.8. The van der Waals surface area contributed by atoms with Gasteiger partial charge in [-0.1, -0.05) is 125 Å². The van der Waals surface area contributed by atoms with Crippen molar-refractivity contribution >= 4 is 80.6 Å². The van der Waals surface area contributed by atoms with Gasteiger partial charge in [-0.25, -0.2) is 19.6 Å². The Morgan fingerprint density at radius 1 is 0.548 bits per heavy atom. The number of carboxylic acid groups (broad SMARTS) is 1. The highest BCUT2D eigenvalue weighted by Gasteiger charge is 2.29. The molecule has 0 radical (unpaired) electrons. The zero-order valence-electron chi connectivity index (χ0n) is 54.5. The van der Waals surface area contributed by atoms with Crippen molar-refractivity contribution in [2.45, 2.75) is 117 Å². The summed E-state index contributed by atoms with van der Waals surface area (Å²) in [5.74, 6) is -0.787. The minimum absolute atomic E-state index is 0.00547. The van der Waals surface area contributed by atoms with Gasteiger partial charge in [-0.05, 0) is 117 Å². The average Bonchev–Trinajstić information content (AvgIpc) is 2.05. The third-order valence-electron chi connectivity index (χ3n) is 16.5. The van der Waals surface area contributed by atoms with Crippen molar-refractivity contribution in [1.29, 1.82) is 0 Å². The number of nitrogens with one attached hydrogen (secondary N) is 4. The maximum atomic E-state index is 13.5. The monoisotopic (exact) mass is 1300 g/mol. The molecule has 6 atom stereocenters. The van der Waals surface area contributed by atoms with E-state index in [-0.39, 0.29) is 73.5 Å². The van der Waals surface area contributed by atoms with Gasteiger partial charge in [0.25, 0.3) is 0 Å². The molecule has 0 saturated carbocycles. The quantitative estimate of drug-likeness (QED) is 0.0230. The van der Waals surface area contributed by atoms with E-state index >= 15 is 0 Å². The smallest absolute Gasteiger partial charge is 0.328 e. The van der Waals surface area contributed by atoms with Crippen LogP contribution in [0.1, 0.15) is 87.0 Å². The van der Waals surface area contributed by atoms with E-state index in [1.807, 2.05) is 106 Å². The highest BCUT2D eigenvalue weighted by atomic mass is 32.2. The molecule has 93 heavy (non-hydrogen) atoms. The Labute approximate surface area is 554 Å². The van der Waals surface area contributed by atoms with E-state index in [9.17, 15) is 33.9 Å². The van der Waals surface area contributed by atoms with Crippen LogP contribution in [0.4, 0.5) is 0 Å². The van der Waals surface area contributed by atoms with Crippen molar-refractivity contribution < 1.29 is 38.6 Å². The fraction of sp³-hybridized carbons (Fsp3) is 0.408. The number of ether oxygens (including phenoxy) is 1. The molecule has 4 aromatic heterocycles. The van der Waals surface area contributed by atoms with Crippen molar-refractivity contribution in [3.8, 4) is 0 Å². The fourth-order valence-corrected chi connectivity index (χ4v) is 11.9. The summed E-state index contributed by atoms with van der Waals surface area (Å²) in [5, 5.41) is 26.2. The second-order valence-electron chi connectivity index (χ2n) is 23.5. The van der Waals surface area contributed by atoms with Crippen molar-refractivity contribution in [2.24, 2.45) is 11.8 Å². The predicted octanol–water partition coefficient (Wildman–Crippen LogP) is 8.84. The molecular formula is C71H90N12O8S2. The molecule has 0 spiro atoms. The van der Waals surface area contributed by atoms with E-state index in [4.69, 9.17) is 4.74 Å². The van der Waals surface area contributed by atoms with E-state index in [1.54, 1.807) is 49.2 Å². The SMILES string of the molecule is CC[C@H](C)[C@@H](CN(CC(=O)N[C@@H](CCSC)C(=O)O)Cc1cccc2ccccc12)NC(=O)Cc1cn(Cc2ccncc2)cn1.CC[C@H](C)[C@@H](CN(CC(=O)N[C@@H](CCSC)C(=O)OC)Cc1cccc2ccccc12)NC(=O)Cc1cn(Cc2ccncc2)cn1. The van der Waals surface area contributed by atoms with Crippen LogP contribution in [0, 0.1) is 11.8 Å². The summed E-state index contributed by atoms with van der Waals surface area (Å²) in [6.45, 7) is 11.5. The first-order valence-electron chi connectivity index (χ1n) is 31.7. The van der Waals surface area contributed by atoms with Crippen LogP contribution in [-0.2, 0) is 72.5 Å². The van der Waals surface area contributed by atoms with Gasteiger partial charge in [-0.3, -0.25) is 38.9 Å². The molecule has 8 rings (SSSR count). The number of amides is 4. The second-order valence-corrected chi connectivity index (χ2v) is 25.5. The number of hydrogen-bond donors (Lipinski definition) is 5. The molecule has 0 bridgehead atoms. The van der Waals surface area contributed by atoms with Crippen LogP contribution in [-0.4, -0.2) is 161 Å². The van der Waals surface area contributed by atoms with Crippen molar-refractivity contribution in [1.82, 2.24) is 60.1 Å². The summed E-state index contributed by atoms with van der Waals surface area (Å²) in [5.41, 5.74) is 5.68. The number of esters is 1. The summed E-state index contributed by atoms with van der Waals surface area (Å²) < 4.78 is 8.86. The number of fused-ring (bicyclic) bond motifs is 2.